The maximum absolute atomic E-state index is 11.3. The van der Waals surface area contributed by atoms with E-state index in [1.54, 1.807) is 0 Å². The fourth-order valence-corrected chi connectivity index (χ4v) is 4.48. The van der Waals surface area contributed by atoms with Crippen LogP contribution < -0.4 is 20.9 Å². The summed E-state index contributed by atoms with van der Waals surface area (Å²) in [4.78, 5) is 13.8. The zero-order valence-corrected chi connectivity index (χ0v) is 14.8. The Hall–Kier alpha value is -2.01. The number of ether oxygens (including phenoxy) is 1. The Morgan fingerprint density at radius 3 is 2.92 bits per heavy atom. The molecule has 0 fully saturated rings. The third kappa shape index (κ3) is 3.13. The van der Waals surface area contributed by atoms with Crippen LogP contribution in [0.4, 0.5) is 5.69 Å². The van der Waals surface area contributed by atoms with Crippen molar-refractivity contribution in [3.63, 3.8) is 0 Å². The van der Waals surface area contributed by atoms with Crippen molar-refractivity contribution in [3.05, 3.63) is 28.8 Å². The van der Waals surface area contributed by atoms with Gasteiger partial charge in [-0.2, -0.15) is 0 Å². The van der Waals surface area contributed by atoms with E-state index in [0.717, 1.165) is 31.4 Å². The fourth-order valence-electron chi connectivity index (χ4n) is 4.48. The third-order valence-corrected chi connectivity index (χ3v) is 5.64. The number of nitrogens with one attached hydrogen (secondary N) is 1. The summed E-state index contributed by atoms with van der Waals surface area (Å²) in [6, 6.07) is 2.38. The number of amides is 1. The van der Waals surface area contributed by atoms with Gasteiger partial charge in [0, 0.05) is 36.3 Å². The highest BCUT2D eigenvalue weighted by molar-refractivity contribution is 5.80. The lowest BCUT2D eigenvalue weighted by atomic mass is 9.85. The first-order valence-corrected chi connectivity index (χ1v) is 9.53. The Kier molecular flexibility index (Phi) is 4.66. The third-order valence-electron chi connectivity index (χ3n) is 5.64. The lowest BCUT2D eigenvalue weighted by Gasteiger charge is -2.39. The number of nitrogens with zero attached hydrogens (tertiary/aromatic N) is 1. The van der Waals surface area contributed by atoms with Gasteiger partial charge < -0.3 is 9.64 Å². The number of unbranched alkanes of at least 4 members (excludes halogenated alkanes) is 1. The van der Waals surface area contributed by atoms with E-state index in [1.807, 2.05) is 0 Å². The molecule has 3 aliphatic heterocycles. The van der Waals surface area contributed by atoms with Gasteiger partial charge in [0.2, 0.25) is 5.91 Å². The summed E-state index contributed by atoms with van der Waals surface area (Å²) in [6.07, 6.45) is 10.3. The lowest BCUT2D eigenvalue weighted by Crippen LogP contribution is -2.35. The molecule has 0 spiro atoms. The topological polar surface area (TPSA) is 67.6 Å². The van der Waals surface area contributed by atoms with Crippen LogP contribution in [0.2, 0.25) is 0 Å². The van der Waals surface area contributed by atoms with Gasteiger partial charge in [0.25, 0.3) is 0 Å². The molecule has 1 aromatic carbocycles. The van der Waals surface area contributed by atoms with Crippen molar-refractivity contribution in [2.45, 2.75) is 51.4 Å². The van der Waals surface area contributed by atoms with Gasteiger partial charge in [-0.3, -0.25) is 10.2 Å². The highest BCUT2D eigenvalue weighted by Gasteiger charge is 2.30. The maximum atomic E-state index is 11.3. The first kappa shape index (κ1) is 16.5. The van der Waals surface area contributed by atoms with Gasteiger partial charge in [-0.25, -0.2) is 5.84 Å². The standard InChI is InChI=1S/C20H27N3O2/c21-22-18(24)8-2-1-5-14-9-12-25-20-16-7-4-11-23-10-3-6-15(19(16)23)13-17(14)20/h9,13H,1-8,10-12,21H2,(H,22,24). The Bertz CT molecular complexity index is 709. The van der Waals surface area contributed by atoms with Crippen LogP contribution >= 0.6 is 0 Å². The van der Waals surface area contributed by atoms with Gasteiger partial charge in [0.1, 0.15) is 12.4 Å². The second kappa shape index (κ2) is 7.08. The number of hydrogen-bond acceptors (Lipinski definition) is 4. The molecule has 4 rings (SSSR count). The number of carbonyl (C=O) groups excluding carboxylic acids is 1. The van der Waals surface area contributed by atoms with Crippen LogP contribution in [0.25, 0.3) is 5.57 Å². The molecule has 5 nitrogen and oxygen atoms in total. The molecule has 3 aliphatic rings. The summed E-state index contributed by atoms with van der Waals surface area (Å²) in [7, 11) is 0. The number of rotatable bonds is 5. The zero-order chi connectivity index (χ0) is 17.2. The van der Waals surface area contributed by atoms with Crippen molar-refractivity contribution in [1.29, 1.82) is 0 Å². The number of carbonyl (C=O) groups is 1. The number of fused-ring (bicyclic) bond motifs is 2. The van der Waals surface area contributed by atoms with Crippen molar-refractivity contribution >= 4 is 17.2 Å². The molecule has 3 N–H and O–H groups in total. The minimum absolute atomic E-state index is 0.0834. The van der Waals surface area contributed by atoms with Gasteiger partial charge in [-0.15, -0.1) is 0 Å². The molecule has 0 saturated carbocycles. The number of benzene rings is 1. The van der Waals surface area contributed by atoms with E-state index in [9.17, 15) is 4.79 Å². The highest BCUT2D eigenvalue weighted by Crippen LogP contribution is 2.46. The SMILES string of the molecule is NNC(=O)CCCCC1=CCOc2c1cc1c3c2CCCN3CCC1. The number of hydrogen-bond donors (Lipinski definition) is 2. The van der Waals surface area contributed by atoms with Crippen LogP contribution in [0.3, 0.4) is 0 Å². The summed E-state index contributed by atoms with van der Waals surface area (Å²) in [5, 5.41) is 0. The smallest absolute Gasteiger partial charge is 0.233 e. The fraction of sp³-hybridized carbons (Fsp3) is 0.550. The summed E-state index contributed by atoms with van der Waals surface area (Å²) < 4.78 is 6.10. The second-order valence-electron chi connectivity index (χ2n) is 7.25. The van der Waals surface area contributed by atoms with Gasteiger partial charge in [-0.1, -0.05) is 0 Å². The molecule has 0 unspecified atom stereocenters. The normalized spacial score (nSPS) is 18.0. The Morgan fingerprint density at radius 2 is 2.08 bits per heavy atom. The molecule has 0 atom stereocenters. The van der Waals surface area contributed by atoms with Crippen LogP contribution in [0, 0.1) is 0 Å². The van der Waals surface area contributed by atoms with E-state index in [2.05, 4.69) is 22.5 Å². The maximum Gasteiger partial charge on any atom is 0.233 e. The number of nitrogens with two attached hydrogens (primary N) is 1. The molecule has 3 heterocycles. The van der Waals surface area contributed by atoms with Crippen molar-refractivity contribution < 1.29 is 9.53 Å². The van der Waals surface area contributed by atoms with Crippen LogP contribution in [0.1, 0.15) is 55.2 Å². The van der Waals surface area contributed by atoms with E-state index in [1.165, 1.54) is 60.3 Å². The monoisotopic (exact) mass is 341 g/mol. The molecule has 134 valence electrons. The molecule has 1 aromatic rings. The van der Waals surface area contributed by atoms with E-state index in [4.69, 9.17) is 10.6 Å². The minimum Gasteiger partial charge on any atom is -0.489 e. The minimum atomic E-state index is -0.0834. The molecule has 25 heavy (non-hydrogen) atoms. The van der Waals surface area contributed by atoms with Crippen LogP contribution in [-0.2, 0) is 17.6 Å². The van der Waals surface area contributed by atoms with E-state index in [0.29, 0.717) is 13.0 Å². The largest absolute Gasteiger partial charge is 0.489 e. The lowest BCUT2D eigenvalue weighted by molar-refractivity contribution is -0.121. The Labute approximate surface area is 149 Å². The highest BCUT2D eigenvalue weighted by atomic mass is 16.5. The van der Waals surface area contributed by atoms with E-state index in [-0.39, 0.29) is 5.91 Å². The average molecular weight is 341 g/mol. The molecule has 1 amide bonds. The van der Waals surface area contributed by atoms with Gasteiger partial charge in [0.15, 0.2) is 0 Å². The number of aryl methyl sites for hydroxylation is 1. The molecule has 5 heteroatoms. The van der Waals surface area contributed by atoms with Crippen LogP contribution in [-0.4, -0.2) is 25.6 Å². The van der Waals surface area contributed by atoms with E-state index >= 15 is 0 Å². The first-order valence-electron chi connectivity index (χ1n) is 9.53. The summed E-state index contributed by atoms with van der Waals surface area (Å²) in [5.41, 5.74) is 9.29. The molecule has 0 bridgehead atoms. The molecule has 0 aromatic heterocycles. The number of hydrazine groups is 1. The van der Waals surface area contributed by atoms with Crippen molar-refractivity contribution in [3.8, 4) is 5.75 Å². The molecule has 0 aliphatic carbocycles. The molecular weight excluding hydrogens is 314 g/mol. The number of allylic oxidation sites excluding steroid dienone is 1. The van der Waals surface area contributed by atoms with E-state index < -0.39 is 0 Å². The van der Waals surface area contributed by atoms with Crippen molar-refractivity contribution in [1.82, 2.24) is 5.43 Å². The average Bonchev–Trinajstić information content (AvgIpc) is 2.66. The van der Waals surface area contributed by atoms with Crippen LogP contribution in [0.5, 0.6) is 5.75 Å². The number of anilines is 1. The first-order chi connectivity index (χ1) is 12.3. The Morgan fingerprint density at radius 1 is 1.24 bits per heavy atom. The summed E-state index contributed by atoms with van der Waals surface area (Å²) in [6.45, 7) is 3.03. The van der Waals surface area contributed by atoms with Crippen molar-refractivity contribution in [2.75, 3.05) is 24.6 Å². The Balaban J connectivity index is 1.56. The molecular formula is C20H27N3O2. The molecule has 0 radical (unpaired) electrons. The predicted molar refractivity (Wildman–Crippen MR) is 99.6 cm³/mol. The predicted octanol–water partition coefficient (Wildman–Crippen LogP) is 2.71. The summed E-state index contributed by atoms with van der Waals surface area (Å²) >= 11 is 0. The zero-order valence-electron chi connectivity index (χ0n) is 14.8. The second-order valence-corrected chi connectivity index (χ2v) is 7.25. The van der Waals surface area contributed by atoms with Gasteiger partial charge in [-0.05, 0) is 68.2 Å². The van der Waals surface area contributed by atoms with Gasteiger partial charge in [0.05, 0.1) is 0 Å². The molecule has 0 saturated heterocycles. The van der Waals surface area contributed by atoms with Crippen LogP contribution in [0.15, 0.2) is 12.1 Å². The summed E-state index contributed by atoms with van der Waals surface area (Å²) in [5.74, 6) is 6.19. The van der Waals surface area contributed by atoms with Gasteiger partial charge >= 0.3 is 0 Å². The quantitative estimate of drug-likeness (QED) is 0.374. The van der Waals surface area contributed by atoms with Crippen molar-refractivity contribution in [2.24, 2.45) is 5.84 Å².